The molecule has 0 amide bonds. The lowest BCUT2D eigenvalue weighted by Gasteiger charge is -2.12. The fourth-order valence-corrected chi connectivity index (χ4v) is 3.74. The van der Waals surface area contributed by atoms with Crippen LogP contribution < -0.4 is 5.32 Å². The number of anilines is 1. The minimum atomic E-state index is 0.416. The van der Waals surface area contributed by atoms with E-state index in [-0.39, 0.29) is 0 Å². The smallest absolute Gasteiger partial charge is 0.241 e. The summed E-state index contributed by atoms with van der Waals surface area (Å²) in [5, 5.41) is 8.04. The molecule has 0 radical (unpaired) electrons. The maximum atomic E-state index is 4.88. The SMILES string of the molecule is CCn1c(C)nc2ccc(-c3ccn4nc(N[C@@H](C)C5CC5)ncc34)nc21. The standard InChI is InChI=1S/C20H23N7/c1-4-26-13(3)23-17-8-7-16(24-19(17)26)15-9-10-27-18(15)11-21-20(25-27)22-12(2)14-5-6-14/h7-12,14H,4-6H2,1-3H3,(H,22,25)/t12-/m0/s1. The van der Waals surface area contributed by atoms with Crippen molar-refractivity contribution in [2.24, 2.45) is 5.92 Å². The van der Waals surface area contributed by atoms with Crippen molar-refractivity contribution in [2.75, 3.05) is 5.32 Å². The van der Waals surface area contributed by atoms with Gasteiger partial charge in [0.05, 0.1) is 17.4 Å². The van der Waals surface area contributed by atoms with E-state index in [9.17, 15) is 0 Å². The van der Waals surface area contributed by atoms with E-state index in [1.165, 1.54) is 12.8 Å². The first-order chi connectivity index (χ1) is 13.1. The van der Waals surface area contributed by atoms with E-state index in [2.05, 4.69) is 38.8 Å². The van der Waals surface area contributed by atoms with E-state index < -0.39 is 0 Å². The number of aryl methyl sites for hydroxylation is 2. The molecule has 0 saturated heterocycles. The van der Waals surface area contributed by atoms with Crippen LogP contribution in [0.25, 0.3) is 27.9 Å². The molecule has 0 aromatic carbocycles. The molecular weight excluding hydrogens is 338 g/mol. The van der Waals surface area contributed by atoms with Gasteiger partial charge >= 0.3 is 0 Å². The van der Waals surface area contributed by atoms with E-state index in [0.29, 0.717) is 12.0 Å². The molecule has 7 heteroatoms. The third-order valence-corrected chi connectivity index (χ3v) is 5.48. The van der Waals surface area contributed by atoms with Crippen molar-refractivity contribution in [1.82, 2.24) is 29.1 Å². The summed E-state index contributed by atoms with van der Waals surface area (Å²) >= 11 is 0. The van der Waals surface area contributed by atoms with Gasteiger partial charge in [-0.15, -0.1) is 5.10 Å². The molecule has 27 heavy (non-hydrogen) atoms. The van der Waals surface area contributed by atoms with Gasteiger partial charge in [-0.05, 0) is 57.7 Å². The molecule has 1 saturated carbocycles. The van der Waals surface area contributed by atoms with E-state index in [1.807, 2.05) is 42.0 Å². The van der Waals surface area contributed by atoms with E-state index in [1.54, 1.807) is 0 Å². The Labute approximate surface area is 157 Å². The lowest BCUT2D eigenvalue weighted by molar-refractivity contribution is 0.681. The summed E-state index contributed by atoms with van der Waals surface area (Å²) in [7, 11) is 0. The van der Waals surface area contributed by atoms with E-state index in [4.69, 9.17) is 4.98 Å². The van der Waals surface area contributed by atoms with Crippen molar-refractivity contribution in [2.45, 2.75) is 46.2 Å². The fourth-order valence-electron chi connectivity index (χ4n) is 3.74. The predicted octanol–water partition coefficient (Wildman–Crippen LogP) is 3.68. The lowest BCUT2D eigenvalue weighted by atomic mass is 10.2. The summed E-state index contributed by atoms with van der Waals surface area (Å²) in [5.41, 5.74) is 4.74. The fraction of sp³-hybridized carbons (Fsp3) is 0.400. The van der Waals surface area contributed by atoms with Crippen molar-refractivity contribution in [3.8, 4) is 11.3 Å². The Hall–Kier alpha value is -2.96. The van der Waals surface area contributed by atoms with Crippen molar-refractivity contribution < 1.29 is 0 Å². The second-order valence-corrected chi connectivity index (χ2v) is 7.35. The monoisotopic (exact) mass is 361 g/mol. The molecule has 1 N–H and O–H groups in total. The molecule has 1 aliphatic rings. The Balaban J connectivity index is 1.53. The molecule has 4 aromatic heterocycles. The third kappa shape index (κ3) is 2.74. The zero-order chi connectivity index (χ0) is 18.5. The van der Waals surface area contributed by atoms with Gasteiger partial charge in [-0.1, -0.05) is 0 Å². The van der Waals surface area contributed by atoms with Gasteiger partial charge in [0, 0.05) is 24.3 Å². The minimum Gasteiger partial charge on any atom is -0.350 e. The number of hydrogen-bond acceptors (Lipinski definition) is 5. The number of hydrogen-bond donors (Lipinski definition) is 1. The summed E-state index contributed by atoms with van der Waals surface area (Å²) in [4.78, 5) is 14.0. The molecule has 4 heterocycles. The summed E-state index contributed by atoms with van der Waals surface area (Å²) in [6.45, 7) is 7.18. The number of nitrogens with one attached hydrogen (secondary N) is 1. The maximum absolute atomic E-state index is 4.88. The molecule has 1 atom stereocenters. The highest BCUT2D eigenvalue weighted by atomic mass is 15.3. The number of imidazole rings is 1. The first kappa shape index (κ1) is 16.2. The molecule has 4 aromatic rings. The number of nitrogens with zero attached hydrogens (tertiary/aromatic N) is 6. The van der Waals surface area contributed by atoms with Crippen LogP contribution >= 0.6 is 0 Å². The Bertz CT molecular complexity index is 1140. The van der Waals surface area contributed by atoms with E-state index >= 15 is 0 Å². The Morgan fingerprint density at radius 1 is 1.22 bits per heavy atom. The van der Waals surface area contributed by atoms with E-state index in [0.717, 1.165) is 46.2 Å². The van der Waals surface area contributed by atoms with Crippen molar-refractivity contribution >= 4 is 22.6 Å². The van der Waals surface area contributed by atoms with Crippen molar-refractivity contribution in [1.29, 1.82) is 0 Å². The van der Waals surface area contributed by atoms with Crippen molar-refractivity contribution in [3.05, 3.63) is 36.4 Å². The first-order valence-electron chi connectivity index (χ1n) is 9.59. The summed E-state index contributed by atoms with van der Waals surface area (Å²) in [5.74, 6) is 2.42. The highest BCUT2D eigenvalue weighted by molar-refractivity contribution is 5.82. The molecule has 0 spiro atoms. The number of pyridine rings is 1. The van der Waals surface area contributed by atoms with Gasteiger partial charge in [-0.3, -0.25) is 0 Å². The third-order valence-electron chi connectivity index (χ3n) is 5.48. The van der Waals surface area contributed by atoms with Crippen LogP contribution in [0.15, 0.2) is 30.6 Å². The van der Waals surface area contributed by atoms with Gasteiger partial charge in [0.1, 0.15) is 11.3 Å². The molecule has 7 nitrogen and oxygen atoms in total. The quantitative estimate of drug-likeness (QED) is 0.587. The van der Waals surface area contributed by atoms with Gasteiger partial charge in [-0.2, -0.15) is 0 Å². The van der Waals surface area contributed by atoms with Crippen LogP contribution in [0.3, 0.4) is 0 Å². The molecule has 0 aliphatic heterocycles. The first-order valence-corrected chi connectivity index (χ1v) is 9.59. The Morgan fingerprint density at radius 3 is 2.85 bits per heavy atom. The highest BCUT2D eigenvalue weighted by Gasteiger charge is 2.28. The molecule has 0 unspecified atom stereocenters. The Kier molecular flexibility index (Phi) is 3.63. The second-order valence-electron chi connectivity index (χ2n) is 7.35. The van der Waals surface area contributed by atoms with Crippen LogP contribution in [0.4, 0.5) is 5.95 Å². The summed E-state index contributed by atoms with van der Waals surface area (Å²) < 4.78 is 4.01. The average molecular weight is 361 g/mol. The minimum absolute atomic E-state index is 0.416. The highest BCUT2D eigenvalue weighted by Crippen LogP contribution is 2.33. The van der Waals surface area contributed by atoms with Crippen LogP contribution in [0.5, 0.6) is 0 Å². The zero-order valence-corrected chi connectivity index (χ0v) is 15.8. The topological polar surface area (TPSA) is 72.9 Å². The van der Waals surface area contributed by atoms with Gasteiger partial charge in [-0.25, -0.2) is 19.5 Å². The van der Waals surface area contributed by atoms with Gasteiger partial charge < -0.3 is 9.88 Å². The van der Waals surface area contributed by atoms with Crippen LogP contribution in [0.2, 0.25) is 0 Å². The molecule has 1 fully saturated rings. The molecule has 0 bridgehead atoms. The van der Waals surface area contributed by atoms with Crippen LogP contribution in [0.1, 0.15) is 32.5 Å². The summed E-state index contributed by atoms with van der Waals surface area (Å²) in [6.07, 6.45) is 6.43. The van der Waals surface area contributed by atoms with Crippen LogP contribution in [-0.2, 0) is 6.54 Å². The van der Waals surface area contributed by atoms with Crippen LogP contribution in [0, 0.1) is 12.8 Å². The molecule has 5 rings (SSSR count). The van der Waals surface area contributed by atoms with Gasteiger partial charge in [0.2, 0.25) is 5.95 Å². The lowest BCUT2D eigenvalue weighted by Crippen LogP contribution is -2.19. The average Bonchev–Trinajstić information content (AvgIpc) is 3.36. The molecular formula is C20H23N7. The van der Waals surface area contributed by atoms with Gasteiger partial charge in [0.25, 0.3) is 0 Å². The van der Waals surface area contributed by atoms with Crippen LogP contribution in [-0.4, -0.2) is 35.2 Å². The molecule has 1 aliphatic carbocycles. The summed E-state index contributed by atoms with van der Waals surface area (Å²) in [6, 6.07) is 6.52. The molecule has 138 valence electrons. The predicted molar refractivity (Wildman–Crippen MR) is 106 cm³/mol. The zero-order valence-electron chi connectivity index (χ0n) is 15.8. The number of rotatable bonds is 5. The number of fused-ring (bicyclic) bond motifs is 2. The largest absolute Gasteiger partial charge is 0.350 e. The van der Waals surface area contributed by atoms with Gasteiger partial charge in [0.15, 0.2) is 5.65 Å². The maximum Gasteiger partial charge on any atom is 0.241 e. The normalized spacial score (nSPS) is 15.5. The van der Waals surface area contributed by atoms with Crippen molar-refractivity contribution in [3.63, 3.8) is 0 Å². The Morgan fingerprint density at radius 2 is 2.07 bits per heavy atom. The number of aromatic nitrogens is 6. The second kappa shape index (κ2) is 6.04.